The SMILES string of the molecule is COP(=O)(Cl)Cc1ccc(C)cc1. The van der Waals surface area contributed by atoms with Crippen LogP contribution in [0.5, 0.6) is 0 Å². The molecule has 0 amide bonds. The Morgan fingerprint density at radius 3 is 2.38 bits per heavy atom. The van der Waals surface area contributed by atoms with Gasteiger partial charge in [-0.2, -0.15) is 0 Å². The van der Waals surface area contributed by atoms with Crippen LogP contribution in [0, 0.1) is 6.92 Å². The highest BCUT2D eigenvalue weighted by molar-refractivity contribution is 7.84. The van der Waals surface area contributed by atoms with Gasteiger partial charge in [-0.15, -0.1) is 0 Å². The van der Waals surface area contributed by atoms with Crippen molar-refractivity contribution in [2.75, 3.05) is 7.11 Å². The summed E-state index contributed by atoms with van der Waals surface area (Å²) < 4.78 is 16.1. The second kappa shape index (κ2) is 4.28. The van der Waals surface area contributed by atoms with Gasteiger partial charge in [-0.05, 0) is 23.7 Å². The van der Waals surface area contributed by atoms with Crippen LogP contribution >= 0.6 is 18.0 Å². The first-order valence-corrected chi connectivity index (χ1v) is 6.65. The molecule has 72 valence electrons. The average molecular weight is 219 g/mol. The summed E-state index contributed by atoms with van der Waals surface area (Å²) in [7, 11) is 1.36. The molecule has 0 N–H and O–H groups in total. The van der Waals surface area contributed by atoms with Gasteiger partial charge in [0.05, 0.1) is 6.16 Å². The Bertz CT molecular complexity index is 321. The van der Waals surface area contributed by atoms with Crippen LogP contribution in [-0.4, -0.2) is 7.11 Å². The number of halogens is 1. The van der Waals surface area contributed by atoms with Crippen LogP contribution in [-0.2, 0) is 15.3 Å². The minimum atomic E-state index is -2.94. The lowest BCUT2D eigenvalue weighted by atomic mass is 10.2. The molecule has 0 saturated heterocycles. The van der Waals surface area contributed by atoms with E-state index in [1.54, 1.807) is 0 Å². The van der Waals surface area contributed by atoms with Crippen LogP contribution < -0.4 is 0 Å². The van der Waals surface area contributed by atoms with Crippen molar-refractivity contribution in [3.8, 4) is 0 Å². The maximum atomic E-state index is 11.4. The van der Waals surface area contributed by atoms with Gasteiger partial charge < -0.3 is 4.52 Å². The number of benzene rings is 1. The molecule has 0 bridgehead atoms. The molecule has 1 unspecified atom stereocenters. The van der Waals surface area contributed by atoms with Gasteiger partial charge in [0.2, 0.25) is 0 Å². The molecular weight excluding hydrogens is 207 g/mol. The zero-order valence-electron chi connectivity index (χ0n) is 7.66. The molecule has 0 fully saturated rings. The van der Waals surface area contributed by atoms with E-state index in [1.807, 2.05) is 31.2 Å². The van der Waals surface area contributed by atoms with Crippen molar-refractivity contribution in [2.24, 2.45) is 0 Å². The van der Waals surface area contributed by atoms with E-state index in [1.165, 1.54) is 12.7 Å². The fraction of sp³-hybridized carbons (Fsp3) is 0.333. The normalized spacial score (nSPS) is 15.3. The summed E-state index contributed by atoms with van der Waals surface area (Å²) in [6.07, 6.45) is 0.283. The molecule has 0 aliphatic rings. The predicted octanol–water partition coefficient (Wildman–Crippen LogP) is 3.57. The summed E-state index contributed by atoms with van der Waals surface area (Å²) in [6.45, 7) is -0.938. The fourth-order valence-electron chi connectivity index (χ4n) is 0.976. The Kier molecular flexibility index (Phi) is 3.55. The molecule has 0 saturated carbocycles. The first-order valence-electron chi connectivity index (χ1n) is 3.93. The van der Waals surface area contributed by atoms with Gasteiger partial charge in [-0.1, -0.05) is 29.8 Å². The summed E-state index contributed by atoms with van der Waals surface area (Å²) in [5.41, 5.74) is 2.11. The van der Waals surface area contributed by atoms with Crippen LogP contribution in [0.25, 0.3) is 0 Å². The molecule has 0 radical (unpaired) electrons. The molecule has 1 aromatic carbocycles. The first-order chi connectivity index (χ1) is 6.03. The Morgan fingerprint density at radius 2 is 1.92 bits per heavy atom. The van der Waals surface area contributed by atoms with Gasteiger partial charge in [0.15, 0.2) is 0 Å². The third-order valence-corrected chi connectivity index (χ3v) is 3.83. The minimum absolute atomic E-state index is 0.283. The van der Waals surface area contributed by atoms with Crippen molar-refractivity contribution < 1.29 is 9.09 Å². The van der Waals surface area contributed by atoms with E-state index in [-0.39, 0.29) is 6.16 Å². The fourth-order valence-corrected chi connectivity index (χ4v) is 2.17. The lowest BCUT2D eigenvalue weighted by Crippen LogP contribution is -1.85. The number of hydrogen-bond donors (Lipinski definition) is 0. The second-order valence-corrected chi connectivity index (χ2v) is 6.32. The first kappa shape index (κ1) is 10.8. The quantitative estimate of drug-likeness (QED) is 0.725. The standard InChI is InChI=1S/C9H12ClO2P/c1-8-3-5-9(6-4-8)7-13(10,11)12-2/h3-6H,7H2,1-2H3. The summed E-state index contributed by atoms with van der Waals surface area (Å²) in [5, 5.41) is 0. The smallest absolute Gasteiger partial charge is 0.294 e. The summed E-state index contributed by atoms with van der Waals surface area (Å²) in [6, 6.07) is 7.73. The zero-order chi connectivity index (χ0) is 9.90. The molecule has 1 aromatic rings. The Hall–Kier alpha value is -0.300. The molecule has 4 heteroatoms. The van der Waals surface area contributed by atoms with Gasteiger partial charge in [0.25, 0.3) is 6.72 Å². The van der Waals surface area contributed by atoms with Crippen molar-refractivity contribution in [1.82, 2.24) is 0 Å². The van der Waals surface area contributed by atoms with Crippen LogP contribution in [0.15, 0.2) is 24.3 Å². The Balaban J connectivity index is 2.75. The molecule has 0 aliphatic heterocycles. The zero-order valence-corrected chi connectivity index (χ0v) is 9.31. The molecule has 13 heavy (non-hydrogen) atoms. The lowest BCUT2D eigenvalue weighted by molar-refractivity contribution is 0.407. The molecular formula is C9H12ClO2P. The van der Waals surface area contributed by atoms with Gasteiger partial charge in [-0.25, -0.2) is 0 Å². The topological polar surface area (TPSA) is 26.3 Å². The van der Waals surface area contributed by atoms with Crippen molar-refractivity contribution in [3.63, 3.8) is 0 Å². The molecule has 0 heterocycles. The Labute approximate surface area is 83.1 Å². The van der Waals surface area contributed by atoms with E-state index in [0.29, 0.717) is 0 Å². The molecule has 0 spiro atoms. The largest absolute Gasteiger partial charge is 0.321 e. The molecule has 1 atom stereocenters. The van der Waals surface area contributed by atoms with Crippen molar-refractivity contribution in [1.29, 1.82) is 0 Å². The number of hydrogen-bond acceptors (Lipinski definition) is 2. The van der Waals surface area contributed by atoms with Crippen LogP contribution in [0.4, 0.5) is 0 Å². The highest BCUT2D eigenvalue weighted by atomic mass is 35.7. The highest BCUT2D eigenvalue weighted by Gasteiger charge is 2.17. The molecule has 0 aliphatic carbocycles. The highest BCUT2D eigenvalue weighted by Crippen LogP contribution is 2.54. The van der Waals surface area contributed by atoms with Crippen molar-refractivity contribution in [3.05, 3.63) is 35.4 Å². The van der Waals surface area contributed by atoms with E-state index in [0.717, 1.165) is 5.56 Å². The van der Waals surface area contributed by atoms with Crippen molar-refractivity contribution >= 4 is 18.0 Å². The van der Waals surface area contributed by atoms with E-state index in [2.05, 4.69) is 0 Å². The maximum Gasteiger partial charge on any atom is 0.294 e. The van der Waals surface area contributed by atoms with Gasteiger partial charge in [0, 0.05) is 7.11 Å². The van der Waals surface area contributed by atoms with E-state index >= 15 is 0 Å². The van der Waals surface area contributed by atoms with Gasteiger partial charge >= 0.3 is 0 Å². The van der Waals surface area contributed by atoms with E-state index < -0.39 is 6.72 Å². The summed E-state index contributed by atoms with van der Waals surface area (Å²) >= 11 is 5.63. The van der Waals surface area contributed by atoms with Gasteiger partial charge in [0.1, 0.15) is 0 Å². The minimum Gasteiger partial charge on any atom is -0.321 e. The van der Waals surface area contributed by atoms with E-state index in [4.69, 9.17) is 15.8 Å². The molecule has 2 nitrogen and oxygen atoms in total. The summed E-state index contributed by atoms with van der Waals surface area (Å²) in [4.78, 5) is 0. The van der Waals surface area contributed by atoms with Crippen molar-refractivity contribution in [2.45, 2.75) is 13.1 Å². The molecule has 1 rings (SSSR count). The maximum absolute atomic E-state index is 11.4. The predicted molar refractivity (Wildman–Crippen MR) is 55.4 cm³/mol. The summed E-state index contributed by atoms with van der Waals surface area (Å²) in [5.74, 6) is 0. The third kappa shape index (κ3) is 3.51. The van der Waals surface area contributed by atoms with Gasteiger partial charge in [-0.3, -0.25) is 4.57 Å². The monoisotopic (exact) mass is 218 g/mol. The lowest BCUT2D eigenvalue weighted by Gasteiger charge is -2.07. The number of aryl methyl sites for hydroxylation is 1. The average Bonchev–Trinajstić information content (AvgIpc) is 2.09. The van der Waals surface area contributed by atoms with Crippen LogP contribution in [0.3, 0.4) is 0 Å². The van der Waals surface area contributed by atoms with Crippen LogP contribution in [0.1, 0.15) is 11.1 Å². The number of rotatable bonds is 3. The van der Waals surface area contributed by atoms with Crippen LogP contribution in [0.2, 0.25) is 0 Å². The second-order valence-electron chi connectivity index (χ2n) is 2.92. The Morgan fingerprint density at radius 1 is 1.38 bits per heavy atom. The third-order valence-electron chi connectivity index (χ3n) is 1.76. The molecule has 0 aromatic heterocycles. The van der Waals surface area contributed by atoms with E-state index in [9.17, 15) is 4.57 Å².